The van der Waals surface area contributed by atoms with Crippen molar-refractivity contribution in [3.05, 3.63) is 35.9 Å². The summed E-state index contributed by atoms with van der Waals surface area (Å²) in [5, 5.41) is 11.9. The smallest absolute Gasteiger partial charge is 0.244 e. The van der Waals surface area contributed by atoms with Crippen LogP contribution < -0.4 is 0 Å². The molecular weight excluding hydrogens is 316 g/mol. The molecule has 7 nitrogen and oxygen atoms in total. The normalized spacial score (nSPS) is 23.3. The van der Waals surface area contributed by atoms with Gasteiger partial charge in [-0.25, -0.2) is 4.68 Å². The van der Waals surface area contributed by atoms with Crippen LogP contribution in [0.4, 0.5) is 0 Å². The number of fused-ring (bicyclic) bond motifs is 1. The number of likely N-dealkylation sites (tertiary alicyclic amines) is 1. The zero-order chi connectivity index (χ0) is 17.1. The highest BCUT2D eigenvalue weighted by molar-refractivity contribution is 5.76. The fourth-order valence-corrected chi connectivity index (χ4v) is 4.29. The monoisotopic (exact) mass is 340 g/mol. The maximum absolute atomic E-state index is 12.9. The number of pyridine rings is 1. The van der Waals surface area contributed by atoms with Crippen molar-refractivity contribution in [3.63, 3.8) is 0 Å². The van der Waals surface area contributed by atoms with Crippen molar-refractivity contribution in [2.75, 3.05) is 6.54 Å². The van der Waals surface area contributed by atoms with E-state index in [0.717, 1.165) is 25.1 Å². The largest absolute Gasteiger partial charge is 0.338 e. The molecule has 0 radical (unpaired) electrons. The molecule has 1 saturated heterocycles. The van der Waals surface area contributed by atoms with Crippen molar-refractivity contribution >= 4 is 5.91 Å². The van der Waals surface area contributed by atoms with E-state index in [0.29, 0.717) is 24.2 Å². The Balaban J connectivity index is 1.45. The number of hydrogen-bond donors (Lipinski definition) is 0. The van der Waals surface area contributed by atoms with E-state index in [1.54, 1.807) is 10.9 Å². The minimum Gasteiger partial charge on any atom is -0.338 e. The first-order chi connectivity index (χ1) is 12.3. The number of rotatable bonds is 4. The lowest BCUT2D eigenvalue weighted by Gasteiger charge is -2.44. The summed E-state index contributed by atoms with van der Waals surface area (Å²) < 4.78 is 1.63. The molecule has 1 saturated carbocycles. The van der Waals surface area contributed by atoms with E-state index in [9.17, 15) is 4.79 Å². The second-order valence-electron chi connectivity index (χ2n) is 7.09. The third-order valence-electron chi connectivity index (χ3n) is 5.52. The molecule has 2 aromatic rings. The number of hydrogen-bond acceptors (Lipinski definition) is 5. The molecular formula is C18H24N6O. The molecule has 0 unspecified atom stereocenters. The average Bonchev–Trinajstić information content (AvgIpc) is 3.08. The number of nitrogens with zero attached hydrogens (tertiary/aromatic N) is 6. The molecule has 1 amide bonds. The SMILES string of the molecule is O=C(Cn1nnnc1Cc1ccccn1)N1CCC[C@H]2CCCC[C@@H]21. The Bertz CT molecular complexity index is 713. The van der Waals surface area contributed by atoms with Crippen molar-refractivity contribution in [1.82, 2.24) is 30.1 Å². The maximum atomic E-state index is 12.9. The van der Waals surface area contributed by atoms with Gasteiger partial charge in [0.15, 0.2) is 5.82 Å². The van der Waals surface area contributed by atoms with Crippen molar-refractivity contribution < 1.29 is 4.79 Å². The van der Waals surface area contributed by atoms with E-state index in [2.05, 4.69) is 25.4 Å². The Labute approximate surface area is 147 Å². The predicted molar refractivity (Wildman–Crippen MR) is 91.6 cm³/mol. The summed E-state index contributed by atoms with van der Waals surface area (Å²) in [6.45, 7) is 1.09. The van der Waals surface area contributed by atoms with Crippen molar-refractivity contribution in [2.45, 2.75) is 57.5 Å². The Morgan fingerprint density at radius 2 is 2.04 bits per heavy atom. The van der Waals surface area contributed by atoms with E-state index in [1.807, 2.05) is 18.2 Å². The molecule has 1 aliphatic heterocycles. The van der Waals surface area contributed by atoms with Crippen LogP contribution in [0.3, 0.4) is 0 Å². The Kier molecular flexibility index (Phi) is 4.72. The molecule has 2 atom stereocenters. The lowest BCUT2D eigenvalue weighted by Crippen LogP contribution is -2.50. The van der Waals surface area contributed by atoms with Crippen LogP contribution in [-0.4, -0.2) is 48.6 Å². The third-order valence-corrected chi connectivity index (χ3v) is 5.52. The second kappa shape index (κ2) is 7.29. The molecule has 1 aliphatic carbocycles. The fraction of sp³-hybridized carbons (Fsp3) is 0.611. The maximum Gasteiger partial charge on any atom is 0.244 e. The Morgan fingerprint density at radius 1 is 1.16 bits per heavy atom. The summed E-state index contributed by atoms with van der Waals surface area (Å²) in [5.41, 5.74) is 0.899. The van der Waals surface area contributed by atoms with Gasteiger partial charge in [0, 0.05) is 24.5 Å². The molecule has 2 fully saturated rings. The van der Waals surface area contributed by atoms with Crippen molar-refractivity contribution in [3.8, 4) is 0 Å². The van der Waals surface area contributed by atoms with E-state index in [-0.39, 0.29) is 12.5 Å². The lowest BCUT2D eigenvalue weighted by atomic mass is 9.78. The molecule has 0 bridgehead atoms. The van der Waals surface area contributed by atoms with Crippen LogP contribution in [0.5, 0.6) is 0 Å². The highest BCUT2D eigenvalue weighted by atomic mass is 16.2. The third kappa shape index (κ3) is 3.55. The number of tetrazole rings is 1. The van der Waals surface area contributed by atoms with Crippen LogP contribution >= 0.6 is 0 Å². The summed E-state index contributed by atoms with van der Waals surface area (Å²) in [5.74, 6) is 1.52. The average molecular weight is 340 g/mol. The van der Waals surface area contributed by atoms with Crippen LogP contribution in [0.2, 0.25) is 0 Å². The Hall–Kier alpha value is -2.31. The molecule has 25 heavy (non-hydrogen) atoms. The summed E-state index contributed by atoms with van der Waals surface area (Å²) in [6, 6.07) is 6.19. The first-order valence-corrected chi connectivity index (χ1v) is 9.25. The van der Waals surface area contributed by atoms with E-state index in [4.69, 9.17) is 0 Å². The quantitative estimate of drug-likeness (QED) is 0.849. The van der Waals surface area contributed by atoms with Crippen molar-refractivity contribution in [2.24, 2.45) is 5.92 Å². The standard InChI is InChI=1S/C18H24N6O/c25-18(23-11-5-7-14-6-1-2-9-16(14)23)13-24-17(20-21-22-24)12-15-8-3-4-10-19-15/h3-4,8,10,14,16H,1-2,5-7,9,11-13H2/t14-,16+/m1/s1. The minimum atomic E-state index is 0.145. The van der Waals surface area contributed by atoms with Gasteiger partial charge in [0.1, 0.15) is 6.54 Å². The van der Waals surface area contributed by atoms with Gasteiger partial charge in [0.25, 0.3) is 0 Å². The first-order valence-electron chi connectivity index (χ1n) is 9.25. The van der Waals surface area contributed by atoms with Gasteiger partial charge in [-0.05, 0) is 54.2 Å². The molecule has 0 N–H and O–H groups in total. The summed E-state index contributed by atoms with van der Waals surface area (Å²) in [4.78, 5) is 19.3. The van der Waals surface area contributed by atoms with Gasteiger partial charge in [0.05, 0.1) is 6.42 Å². The van der Waals surface area contributed by atoms with Crippen LogP contribution in [0, 0.1) is 5.92 Å². The highest BCUT2D eigenvalue weighted by Gasteiger charge is 2.35. The summed E-state index contributed by atoms with van der Waals surface area (Å²) >= 11 is 0. The topological polar surface area (TPSA) is 76.8 Å². The molecule has 2 aromatic heterocycles. The number of piperidine rings is 1. The second-order valence-corrected chi connectivity index (χ2v) is 7.09. The number of carbonyl (C=O) groups excluding carboxylic acids is 1. The summed E-state index contributed by atoms with van der Waals surface area (Å²) in [7, 11) is 0. The predicted octanol–water partition coefficient (Wildman–Crippen LogP) is 1.84. The minimum absolute atomic E-state index is 0.145. The molecule has 0 aromatic carbocycles. The Morgan fingerprint density at radius 3 is 2.92 bits per heavy atom. The van der Waals surface area contributed by atoms with E-state index < -0.39 is 0 Å². The number of amides is 1. The summed E-state index contributed by atoms with van der Waals surface area (Å²) in [6.07, 6.45) is 9.63. The van der Waals surface area contributed by atoms with E-state index >= 15 is 0 Å². The van der Waals surface area contributed by atoms with Gasteiger partial charge in [-0.1, -0.05) is 18.9 Å². The van der Waals surface area contributed by atoms with Gasteiger partial charge in [-0.15, -0.1) is 5.10 Å². The molecule has 4 rings (SSSR count). The van der Waals surface area contributed by atoms with Crippen LogP contribution in [0.15, 0.2) is 24.4 Å². The molecule has 7 heteroatoms. The fourth-order valence-electron chi connectivity index (χ4n) is 4.29. The van der Waals surface area contributed by atoms with Crippen molar-refractivity contribution in [1.29, 1.82) is 0 Å². The van der Waals surface area contributed by atoms with Crippen LogP contribution in [0.1, 0.15) is 50.0 Å². The number of aromatic nitrogens is 5. The van der Waals surface area contributed by atoms with Gasteiger partial charge < -0.3 is 4.90 Å². The van der Waals surface area contributed by atoms with E-state index in [1.165, 1.54) is 25.7 Å². The lowest BCUT2D eigenvalue weighted by molar-refractivity contribution is -0.138. The van der Waals surface area contributed by atoms with Gasteiger partial charge in [-0.2, -0.15) is 0 Å². The van der Waals surface area contributed by atoms with Crippen LogP contribution in [-0.2, 0) is 17.8 Å². The molecule has 2 aliphatic rings. The molecule has 3 heterocycles. The van der Waals surface area contributed by atoms with Gasteiger partial charge in [-0.3, -0.25) is 9.78 Å². The van der Waals surface area contributed by atoms with Gasteiger partial charge in [0.2, 0.25) is 5.91 Å². The molecule has 132 valence electrons. The van der Waals surface area contributed by atoms with Crippen LogP contribution in [0.25, 0.3) is 0 Å². The zero-order valence-electron chi connectivity index (χ0n) is 14.4. The zero-order valence-corrected chi connectivity index (χ0v) is 14.4. The highest BCUT2D eigenvalue weighted by Crippen LogP contribution is 2.35. The molecule has 0 spiro atoms. The van der Waals surface area contributed by atoms with Gasteiger partial charge >= 0.3 is 0 Å². The number of carbonyl (C=O) groups is 1. The first kappa shape index (κ1) is 16.2.